The van der Waals surface area contributed by atoms with Gasteiger partial charge in [0, 0.05) is 49.9 Å². The summed E-state index contributed by atoms with van der Waals surface area (Å²) in [4.78, 5) is 21.7. The van der Waals surface area contributed by atoms with Crippen molar-refractivity contribution in [2.75, 3.05) is 32.7 Å². The molecule has 0 spiro atoms. The predicted octanol–water partition coefficient (Wildman–Crippen LogP) is 4.87. The molecule has 5 rings (SSSR count). The third-order valence-electron chi connectivity index (χ3n) is 7.05. The second-order valence-corrected chi connectivity index (χ2v) is 11.3. The Balaban J connectivity index is 1.23. The first-order valence-electron chi connectivity index (χ1n) is 12.8. The van der Waals surface area contributed by atoms with E-state index in [4.69, 9.17) is 4.18 Å². The van der Waals surface area contributed by atoms with Gasteiger partial charge >= 0.3 is 10.1 Å². The topological polar surface area (TPSA) is 79.8 Å². The zero-order valence-electron chi connectivity index (χ0n) is 21.6. The molecule has 8 heteroatoms. The van der Waals surface area contributed by atoms with Gasteiger partial charge in [-0.25, -0.2) is 0 Å². The third kappa shape index (κ3) is 5.56. The standard InChI is InChI=1S/C30H31N3O4S/c1-22-20-26(30(34)33-18-16-32(17-19-33)21-23(2)24-8-4-3-5-9-24)13-14-27(22)37-38(35,36)28-12-6-10-25-11-7-15-31-29(25)28/h3-15,20,23H,16-19,21H2,1-2H3. The van der Waals surface area contributed by atoms with Gasteiger partial charge in [-0.3, -0.25) is 14.7 Å². The molecule has 0 saturated carbocycles. The quantitative estimate of drug-likeness (QED) is 0.318. The summed E-state index contributed by atoms with van der Waals surface area (Å²) in [6.07, 6.45) is 1.55. The summed E-state index contributed by atoms with van der Waals surface area (Å²) in [6, 6.07) is 23.9. The number of pyridine rings is 1. The Morgan fingerprint density at radius 1 is 0.947 bits per heavy atom. The molecule has 1 aliphatic heterocycles. The Morgan fingerprint density at radius 2 is 1.68 bits per heavy atom. The fourth-order valence-electron chi connectivity index (χ4n) is 4.91. The highest BCUT2D eigenvalue weighted by molar-refractivity contribution is 7.87. The van der Waals surface area contributed by atoms with E-state index in [0.29, 0.717) is 41.0 Å². The van der Waals surface area contributed by atoms with Gasteiger partial charge in [0.1, 0.15) is 10.6 Å². The number of hydrogen-bond acceptors (Lipinski definition) is 6. The van der Waals surface area contributed by atoms with Gasteiger partial charge in [0.05, 0.1) is 5.52 Å². The molecule has 7 nitrogen and oxygen atoms in total. The normalized spacial score (nSPS) is 15.4. The van der Waals surface area contributed by atoms with Gasteiger partial charge in [-0.05, 0) is 54.3 Å². The zero-order valence-corrected chi connectivity index (χ0v) is 22.4. The van der Waals surface area contributed by atoms with E-state index in [9.17, 15) is 13.2 Å². The van der Waals surface area contributed by atoms with Crippen molar-refractivity contribution in [3.8, 4) is 5.75 Å². The highest BCUT2D eigenvalue weighted by Gasteiger charge is 2.25. The Morgan fingerprint density at radius 3 is 2.42 bits per heavy atom. The van der Waals surface area contributed by atoms with Gasteiger partial charge in [-0.15, -0.1) is 0 Å². The molecule has 0 aliphatic carbocycles. The molecular weight excluding hydrogens is 498 g/mol. The molecule has 4 aromatic rings. The van der Waals surface area contributed by atoms with E-state index >= 15 is 0 Å². The number of piperazine rings is 1. The van der Waals surface area contributed by atoms with Crippen molar-refractivity contribution in [2.24, 2.45) is 0 Å². The van der Waals surface area contributed by atoms with Crippen LogP contribution >= 0.6 is 0 Å². The van der Waals surface area contributed by atoms with E-state index < -0.39 is 10.1 Å². The first kappa shape index (κ1) is 25.9. The van der Waals surface area contributed by atoms with E-state index in [0.717, 1.165) is 19.6 Å². The average Bonchev–Trinajstić information content (AvgIpc) is 2.94. The number of benzene rings is 3. The molecule has 0 radical (unpaired) electrons. The number of hydrogen-bond donors (Lipinski definition) is 0. The van der Waals surface area contributed by atoms with Crippen LogP contribution in [0.3, 0.4) is 0 Å². The number of carbonyl (C=O) groups is 1. The third-order valence-corrected chi connectivity index (χ3v) is 8.31. The predicted molar refractivity (Wildman–Crippen MR) is 148 cm³/mol. The number of nitrogens with zero attached hydrogens (tertiary/aromatic N) is 3. The van der Waals surface area contributed by atoms with Crippen molar-refractivity contribution in [2.45, 2.75) is 24.7 Å². The van der Waals surface area contributed by atoms with Crippen LogP contribution in [0.2, 0.25) is 0 Å². The lowest BCUT2D eigenvalue weighted by molar-refractivity contribution is 0.0631. The van der Waals surface area contributed by atoms with Gasteiger partial charge in [-0.2, -0.15) is 8.42 Å². The number of amides is 1. The lowest BCUT2D eigenvalue weighted by atomic mass is 10.0. The van der Waals surface area contributed by atoms with Crippen LogP contribution in [0, 0.1) is 6.92 Å². The van der Waals surface area contributed by atoms with Crippen LogP contribution < -0.4 is 4.18 Å². The highest BCUT2D eigenvalue weighted by Crippen LogP contribution is 2.27. The van der Waals surface area contributed by atoms with Gasteiger partial charge in [0.25, 0.3) is 5.91 Å². The Hall–Kier alpha value is -3.75. The van der Waals surface area contributed by atoms with Crippen molar-refractivity contribution < 1.29 is 17.4 Å². The number of fused-ring (bicyclic) bond motifs is 1. The summed E-state index contributed by atoms with van der Waals surface area (Å²) in [6.45, 7) is 7.88. The monoisotopic (exact) mass is 529 g/mol. The largest absolute Gasteiger partial charge is 0.379 e. The maximum atomic E-state index is 13.2. The van der Waals surface area contributed by atoms with Crippen LogP contribution in [0.4, 0.5) is 0 Å². The highest BCUT2D eigenvalue weighted by atomic mass is 32.2. The first-order valence-corrected chi connectivity index (χ1v) is 14.2. The number of aryl methyl sites for hydroxylation is 1. The van der Waals surface area contributed by atoms with E-state index in [1.54, 1.807) is 55.6 Å². The summed E-state index contributed by atoms with van der Waals surface area (Å²) < 4.78 is 31.7. The van der Waals surface area contributed by atoms with Gasteiger partial charge in [0.15, 0.2) is 0 Å². The molecule has 1 aliphatic rings. The molecule has 3 aromatic carbocycles. The second kappa shape index (κ2) is 10.9. The lowest BCUT2D eigenvalue weighted by Crippen LogP contribution is -2.49. The molecule has 1 unspecified atom stereocenters. The fourth-order valence-corrected chi connectivity index (χ4v) is 6.07. The van der Waals surface area contributed by atoms with Gasteiger partial charge in [0.2, 0.25) is 0 Å². The Bertz CT molecular complexity index is 1540. The number of aromatic nitrogens is 1. The van der Waals surface area contributed by atoms with Crippen molar-refractivity contribution in [3.05, 3.63) is 102 Å². The maximum Gasteiger partial charge on any atom is 0.341 e. The molecule has 0 bridgehead atoms. The Kier molecular flexibility index (Phi) is 7.44. The SMILES string of the molecule is Cc1cc(C(=O)N2CCN(CC(C)c3ccccc3)CC2)ccc1OS(=O)(=O)c1cccc2cccnc12. The van der Waals surface area contributed by atoms with Crippen molar-refractivity contribution in [1.29, 1.82) is 0 Å². The summed E-state index contributed by atoms with van der Waals surface area (Å²) in [5.74, 6) is 0.556. The van der Waals surface area contributed by atoms with Gasteiger partial charge in [-0.1, -0.05) is 55.5 Å². The fraction of sp³-hybridized carbons (Fsp3) is 0.267. The van der Waals surface area contributed by atoms with Crippen LogP contribution in [0.15, 0.2) is 90.0 Å². The van der Waals surface area contributed by atoms with Crippen LogP contribution in [0.5, 0.6) is 5.75 Å². The summed E-state index contributed by atoms with van der Waals surface area (Å²) in [5, 5.41) is 0.712. The summed E-state index contributed by atoms with van der Waals surface area (Å²) in [7, 11) is -4.12. The molecule has 1 atom stereocenters. The van der Waals surface area contributed by atoms with E-state index in [1.165, 1.54) is 11.6 Å². The van der Waals surface area contributed by atoms with Crippen LogP contribution in [0.1, 0.15) is 34.3 Å². The first-order chi connectivity index (χ1) is 18.3. The smallest absolute Gasteiger partial charge is 0.341 e. The number of carbonyl (C=O) groups excluding carboxylic acids is 1. The molecule has 38 heavy (non-hydrogen) atoms. The minimum absolute atomic E-state index is 0.00889. The molecule has 0 N–H and O–H groups in total. The van der Waals surface area contributed by atoms with Crippen LogP contribution in [-0.4, -0.2) is 61.8 Å². The minimum Gasteiger partial charge on any atom is -0.379 e. The molecular formula is C30H31N3O4S. The van der Waals surface area contributed by atoms with Crippen molar-refractivity contribution >= 4 is 26.9 Å². The molecule has 1 amide bonds. The molecule has 1 aromatic heterocycles. The second-order valence-electron chi connectivity index (χ2n) is 9.75. The number of para-hydroxylation sites is 1. The van der Waals surface area contributed by atoms with Crippen molar-refractivity contribution in [1.82, 2.24) is 14.8 Å². The summed E-state index contributed by atoms with van der Waals surface area (Å²) in [5.41, 5.74) is 2.77. The lowest BCUT2D eigenvalue weighted by Gasteiger charge is -2.36. The average molecular weight is 530 g/mol. The zero-order chi connectivity index (χ0) is 26.7. The maximum absolute atomic E-state index is 13.2. The van der Waals surface area contributed by atoms with E-state index in [-0.39, 0.29) is 16.6 Å². The van der Waals surface area contributed by atoms with Crippen LogP contribution in [-0.2, 0) is 10.1 Å². The Labute approximate surface area is 223 Å². The molecule has 1 saturated heterocycles. The van der Waals surface area contributed by atoms with E-state index in [2.05, 4.69) is 41.1 Å². The molecule has 196 valence electrons. The summed E-state index contributed by atoms with van der Waals surface area (Å²) >= 11 is 0. The minimum atomic E-state index is -4.12. The van der Waals surface area contributed by atoms with Crippen molar-refractivity contribution in [3.63, 3.8) is 0 Å². The molecule has 1 fully saturated rings. The van der Waals surface area contributed by atoms with Gasteiger partial charge < -0.3 is 9.08 Å². The number of rotatable bonds is 7. The van der Waals surface area contributed by atoms with E-state index in [1.807, 2.05) is 11.0 Å². The van der Waals surface area contributed by atoms with Crippen LogP contribution in [0.25, 0.3) is 10.9 Å². The molecule has 2 heterocycles.